The molecular formula is C10H15FN2. The molecule has 0 aromatic heterocycles. The average molecular weight is 182 g/mol. The molecule has 0 spiro atoms. The molecule has 0 radical (unpaired) electrons. The van der Waals surface area contributed by atoms with Crippen molar-refractivity contribution in [2.24, 2.45) is 11.5 Å². The minimum Gasteiger partial charge on any atom is -0.329 e. The predicted molar refractivity (Wildman–Crippen MR) is 51.8 cm³/mol. The second-order valence-corrected chi connectivity index (χ2v) is 3.00. The molecule has 0 heterocycles. The van der Waals surface area contributed by atoms with E-state index in [9.17, 15) is 4.39 Å². The van der Waals surface area contributed by atoms with Crippen LogP contribution >= 0.6 is 0 Å². The van der Waals surface area contributed by atoms with Gasteiger partial charge in [-0.05, 0) is 23.6 Å². The van der Waals surface area contributed by atoms with Crippen LogP contribution in [0.2, 0.25) is 0 Å². The number of nitrogens with two attached hydrogens (primary N) is 2. The molecule has 1 aromatic rings. The van der Waals surface area contributed by atoms with E-state index in [0.29, 0.717) is 18.5 Å². The zero-order chi connectivity index (χ0) is 9.84. The maximum Gasteiger partial charge on any atom is 0.126 e. The fraction of sp³-hybridized carbons (Fsp3) is 0.400. The van der Waals surface area contributed by atoms with Crippen LogP contribution in [0.1, 0.15) is 24.1 Å². The van der Waals surface area contributed by atoms with Crippen molar-refractivity contribution in [1.82, 2.24) is 0 Å². The van der Waals surface area contributed by atoms with E-state index in [4.69, 9.17) is 11.5 Å². The largest absolute Gasteiger partial charge is 0.329 e. The predicted octanol–water partition coefficient (Wildman–Crippen LogP) is 1.35. The summed E-state index contributed by atoms with van der Waals surface area (Å²) in [6, 6.07) is 4.69. The molecule has 13 heavy (non-hydrogen) atoms. The van der Waals surface area contributed by atoms with Crippen LogP contribution in [0, 0.1) is 5.82 Å². The molecule has 0 amide bonds. The van der Waals surface area contributed by atoms with Gasteiger partial charge in [-0.15, -0.1) is 0 Å². The van der Waals surface area contributed by atoms with Crippen molar-refractivity contribution in [2.75, 3.05) is 6.54 Å². The average Bonchev–Trinajstić information content (AvgIpc) is 2.16. The van der Waals surface area contributed by atoms with Gasteiger partial charge in [-0.3, -0.25) is 0 Å². The van der Waals surface area contributed by atoms with Crippen molar-refractivity contribution >= 4 is 0 Å². The first-order valence-corrected chi connectivity index (χ1v) is 4.43. The molecule has 1 atom stereocenters. The van der Waals surface area contributed by atoms with Crippen molar-refractivity contribution in [3.63, 3.8) is 0 Å². The lowest BCUT2D eigenvalue weighted by Crippen LogP contribution is -2.22. The first-order valence-electron chi connectivity index (χ1n) is 4.43. The van der Waals surface area contributed by atoms with Crippen LogP contribution in [-0.2, 0) is 6.42 Å². The van der Waals surface area contributed by atoms with Crippen molar-refractivity contribution in [2.45, 2.75) is 19.4 Å². The Hall–Kier alpha value is -0.930. The molecular weight excluding hydrogens is 167 g/mol. The maximum absolute atomic E-state index is 13.3. The second-order valence-electron chi connectivity index (χ2n) is 3.00. The molecule has 0 bridgehead atoms. The van der Waals surface area contributed by atoms with Gasteiger partial charge in [0.15, 0.2) is 0 Å². The topological polar surface area (TPSA) is 52.0 Å². The molecule has 0 saturated carbocycles. The zero-order valence-corrected chi connectivity index (χ0v) is 7.76. The van der Waals surface area contributed by atoms with Crippen LogP contribution < -0.4 is 11.5 Å². The Bertz CT molecular complexity index is 286. The van der Waals surface area contributed by atoms with Crippen LogP contribution in [0.25, 0.3) is 0 Å². The van der Waals surface area contributed by atoms with Crippen molar-refractivity contribution in [3.05, 3.63) is 35.1 Å². The van der Waals surface area contributed by atoms with E-state index >= 15 is 0 Å². The molecule has 1 unspecified atom stereocenters. The summed E-state index contributed by atoms with van der Waals surface area (Å²) < 4.78 is 13.3. The number of benzene rings is 1. The quantitative estimate of drug-likeness (QED) is 0.741. The molecule has 4 N–H and O–H groups in total. The molecule has 72 valence electrons. The van der Waals surface area contributed by atoms with Gasteiger partial charge in [0, 0.05) is 12.6 Å². The lowest BCUT2D eigenvalue weighted by Gasteiger charge is -2.14. The third-order valence-electron chi connectivity index (χ3n) is 2.16. The van der Waals surface area contributed by atoms with Crippen LogP contribution in [0.4, 0.5) is 4.39 Å². The maximum atomic E-state index is 13.3. The van der Waals surface area contributed by atoms with Crippen molar-refractivity contribution in [3.8, 4) is 0 Å². The zero-order valence-electron chi connectivity index (χ0n) is 7.76. The summed E-state index contributed by atoms with van der Waals surface area (Å²) in [5.74, 6) is -0.191. The Morgan fingerprint density at radius 3 is 2.69 bits per heavy atom. The third kappa shape index (κ3) is 2.05. The summed E-state index contributed by atoms with van der Waals surface area (Å²) in [6.45, 7) is 2.25. The first-order chi connectivity index (χ1) is 6.20. The van der Waals surface area contributed by atoms with E-state index in [1.807, 2.05) is 13.0 Å². The number of hydrogen-bond acceptors (Lipinski definition) is 2. The van der Waals surface area contributed by atoms with E-state index < -0.39 is 0 Å². The molecule has 2 nitrogen and oxygen atoms in total. The molecule has 0 saturated heterocycles. The van der Waals surface area contributed by atoms with Gasteiger partial charge in [-0.1, -0.05) is 19.1 Å². The highest BCUT2D eigenvalue weighted by atomic mass is 19.1. The molecule has 0 aliphatic rings. The molecule has 0 aliphatic carbocycles. The van der Waals surface area contributed by atoms with E-state index in [1.54, 1.807) is 6.07 Å². The van der Waals surface area contributed by atoms with E-state index in [1.165, 1.54) is 6.07 Å². The summed E-state index contributed by atoms with van der Waals surface area (Å²) in [5.41, 5.74) is 12.7. The minimum atomic E-state index is -0.259. The minimum absolute atomic E-state index is 0.191. The monoisotopic (exact) mass is 182 g/mol. The number of halogens is 1. The van der Waals surface area contributed by atoms with Crippen LogP contribution in [0.15, 0.2) is 18.2 Å². The van der Waals surface area contributed by atoms with Gasteiger partial charge >= 0.3 is 0 Å². The van der Waals surface area contributed by atoms with Gasteiger partial charge in [0.1, 0.15) is 5.82 Å². The fourth-order valence-electron chi connectivity index (χ4n) is 1.42. The fourth-order valence-corrected chi connectivity index (χ4v) is 1.42. The Balaban J connectivity index is 3.12. The van der Waals surface area contributed by atoms with Crippen molar-refractivity contribution in [1.29, 1.82) is 0 Å². The Labute approximate surface area is 77.7 Å². The van der Waals surface area contributed by atoms with Crippen LogP contribution in [-0.4, -0.2) is 6.54 Å². The standard InChI is InChI=1S/C10H15FN2/c1-2-7-8(10(13)6-12)4-3-5-9(7)11/h3-5,10H,2,6,12-13H2,1H3. The highest BCUT2D eigenvalue weighted by molar-refractivity contribution is 5.31. The van der Waals surface area contributed by atoms with Gasteiger partial charge in [0.25, 0.3) is 0 Å². The third-order valence-corrected chi connectivity index (χ3v) is 2.16. The molecule has 1 aromatic carbocycles. The first kappa shape index (κ1) is 10.2. The summed E-state index contributed by atoms with van der Waals surface area (Å²) in [5, 5.41) is 0. The van der Waals surface area contributed by atoms with E-state index in [-0.39, 0.29) is 11.9 Å². The normalized spacial score (nSPS) is 12.9. The lowest BCUT2D eigenvalue weighted by atomic mass is 9.99. The SMILES string of the molecule is CCc1c(F)cccc1C(N)CN. The summed E-state index contributed by atoms with van der Waals surface area (Å²) in [6.07, 6.45) is 0.649. The Morgan fingerprint density at radius 1 is 1.46 bits per heavy atom. The summed E-state index contributed by atoms with van der Waals surface area (Å²) in [4.78, 5) is 0. The van der Waals surface area contributed by atoms with Gasteiger partial charge in [0.2, 0.25) is 0 Å². The molecule has 3 heteroatoms. The Kier molecular flexibility index (Phi) is 3.39. The van der Waals surface area contributed by atoms with Crippen LogP contribution in [0.3, 0.4) is 0 Å². The molecule has 0 aliphatic heterocycles. The lowest BCUT2D eigenvalue weighted by molar-refractivity contribution is 0.601. The van der Waals surface area contributed by atoms with E-state index in [2.05, 4.69) is 0 Å². The second kappa shape index (κ2) is 4.35. The van der Waals surface area contributed by atoms with Crippen molar-refractivity contribution < 1.29 is 4.39 Å². The summed E-state index contributed by atoms with van der Waals surface area (Å²) >= 11 is 0. The van der Waals surface area contributed by atoms with E-state index in [0.717, 1.165) is 5.56 Å². The molecule has 1 rings (SSSR count). The van der Waals surface area contributed by atoms with Gasteiger partial charge in [0.05, 0.1) is 0 Å². The highest BCUT2D eigenvalue weighted by Gasteiger charge is 2.11. The van der Waals surface area contributed by atoms with Gasteiger partial charge in [-0.25, -0.2) is 4.39 Å². The van der Waals surface area contributed by atoms with Crippen LogP contribution in [0.5, 0.6) is 0 Å². The number of hydrogen-bond donors (Lipinski definition) is 2. The highest BCUT2D eigenvalue weighted by Crippen LogP contribution is 2.18. The summed E-state index contributed by atoms with van der Waals surface area (Å²) in [7, 11) is 0. The van der Waals surface area contributed by atoms with Gasteiger partial charge < -0.3 is 11.5 Å². The smallest absolute Gasteiger partial charge is 0.126 e. The Morgan fingerprint density at radius 2 is 2.15 bits per heavy atom. The molecule has 0 fully saturated rings. The van der Waals surface area contributed by atoms with Gasteiger partial charge in [-0.2, -0.15) is 0 Å². The number of rotatable bonds is 3.